The summed E-state index contributed by atoms with van der Waals surface area (Å²) in [5, 5.41) is 16.3. The fourth-order valence-electron chi connectivity index (χ4n) is 1.89. The minimum atomic E-state index is -1.02. The van der Waals surface area contributed by atoms with Crippen LogP contribution in [0.1, 0.15) is 22.8 Å². The van der Waals surface area contributed by atoms with Crippen molar-refractivity contribution in [2.45, 2.75) is 13.8 Å². The molecule has 0 fully saturated rings. The smallest absolute Gasteiger partial charge is 0.337 e. The molecule has 2 rings (SSSR count). The molecular weight excluding hydrogens is 284 g/mol. The summed E-state index contributed by atoms with van der Waals surface area (Å²) < 4.78 is 0. The molecule has 2 aromatic rings. The Balaban J connectivity index is 0.000000541. The van der Waals surface area contributed by atoms with Crippen molar-refractivity contribution in [3.63, 3.8) is 0 Å². The molecule has 2 aromatic carbocycles. The average Bonchev–Trinajstić information content (AvgIpc) is 2.49. The number of rotatable bonds is 3. The molecule has 0 bridgehead atoms. The molecule has 22 heavy (non-hydrogen) atoms. The second kappa shape index (κ2) is 8.02. The van der Waals surface area contributed by atoms with Gasteiger partial charge in [0, 0.05) is 11.4 Å². The Bertz CT molecular complexity index is 655. The highest BCUT2D eigenvalue weighted by Gasteiger charge is 2.10. The first-order valence-corrected chi connectivity index (χ1v) is 6.67. The van der Waals surface area contributed by atoms with Crippen LogP contribution in [0.4, 0.5) is 11.4 Å². The van der Waals surface area contributed by atoms with Crippen LogP contribution >= 0.6 is 0 Å². The van der Waals surface area contributed by atoms with E-state index in [1.54, 1.807) is 19.1 Å². The first kappa shape index (κ1) is 17.5. The van der Waals surface area contributed by atoms with Crippen molar-refractivity contribution in [3.8, 4) is 11.1 Å². The van der Waals surface area contributed by atoms with E-state index < -0.39 is 5.97 Å². The summed E-state index contributed by atoms with van der Waals surface area (Å²) >= 11 is 0. The lowest BCUT2D eigenvalue weighted by Crippen LogP contribution is -2.02. The summed E-state index contributed by atoms with van der Waals surface area (Å²) in [6, 6.07) is 10.5. The molecule has 6 N–H and O–H groups in total. The van der Waals surface area contributed by atoms with Crippen molar-refractivity contribution in [1.82, 2.24) is 0 Å². The summed E-state index contributed by atoms with van der Waals surface area (Å²) in [7, 11) is 0. The number of carbonyl (C=O) groups is 1. The zero-order chi connectivity index (χ0) is 16.7. The Labute approximate surface area is 128 Å². The van der Waals surface area contributed by atoms with Crippen molar-refractivity contribution in [3.05, 3.63) is 47.5 Å². The van der Waals surface area contributed by atoms with E-state index in [0.717, 1.165) is 16.7 Å². The van der Waals surface area contributed by atoms with Crippen LogP contribution in [0.3, 0.4) is 0 Å². The second-order valence-corrected chi connectivity index (χ2v) is 4.54. The number of aromatic carboxylic acids is 1. The summed E-state index contributed by atoms with van der Waals surface area (Å²) in [5.74, 6) is -1.02. The normalized spacial score (nSPS) is 9.77. The standard InChI is InChI=1S/C14H14N2O2.C2H6O2/c1-8-10(3-2-4-12(8)15)9-5-6-11(14(17)18)13(16)7-9;1-2-4-3/h2-7H,15-16H2,1H3,(H,17,18);3H,2H2,1H3. The van der Waals surface area contributed by atoms with E-state index in [9.17, 15) is 4.79 Å². The molecule has 118 valence electrons. The van der Waals surface area contributed by atoms with Gasteiger partial charge in [0.1, 0.15) is 0 Å². The average molecular weight is 304 g/mol. The second-order valence-electron chi connectivity index (χ2n) is 4.54. The first-order chi connectivity index (χ1) is 10.4. The highest BCUT2D eigenvalue weighted by Crippen LogP contribution is 2.29. The predicted molar refractivity (Wildman–Crippen MR) is 86.7 cm³/mol. The van der Waals surface area contributed by atoms with E-state index >= 15 is 0 Å². The van der Waals surface area contributed by atoms with Crippen LogP contribution in [0, 0.1) is 6.92 Å². The lowest BCUT2D eigenvalue weighted by Gasteiger charge is -2.10. The highest BCUT2D eigenvalue weighted by atomic mass is 17.1. The zero-order valence-corrected chi connectivity index (χ0v) is 12.5. The molecule has 6 heteroatoms. The highest BCUT2D eigenvalue weighted by molar-refractivity contribution is 5.95. The maximum atomic E-state index is 10.9. The lowest BCUT2D eigenvalue weighted by molar-refractivity contribution is -0.237. The molecule has 0 unspecified atom stereocenters. The minimum Gasteiger partial charge on any atom is -0.478 e. The number of nitrogen functional groups attached to an aromatic ring is 2. The summed E-state index contributed by atoms with van der Waals surface area (Å²) in [6.45, 7) is 4.01. The third-order valence-corrected chi connectivity index (χ3v) is 3.10. The molecule has 0 atom stereocenters. The molecule has 0 heterocycles. The van der Waals surface area contributed by atoms with Crippen molar-refractivity contribution in [2.75, 3.05) is 18.1 Å². The van der Waals surface area contributed by atoms with Gasteiger partial charge in [-0.1, -0.05) is 18.2 Å². The topological polar surface area (TPSA) is 119 Å². The molecule has 0 radical (unpaired) electrons. The van der Waals surface area contributed by atoms with Crippen molar-refractivity contribution in [1.29, 1.82) is 0 Å². The molecule has 0 aromatic heterocycles. The Morgan fingerprint density at radius 3 is 2.32 bits per heavy atom. The van der Waals surface area contributed by atoms with E-state index in [0.29, 0.717) is 12.3 Å². The van der Waals surface area contributed by atoms with Crippen molar-refractivity contribution in [2.24, 2.45) is 0 Å². The third kappa shape index (κ3) is 4.21. The monoisotopic (exact) mass is 304 g/mol. The lowest BCUT2D eigenvalue weighted by atomic mass is 9.97. The number of carboxylic acid groups (broad SMARTS) is 1. The maximum absolute atomic E-state index is 10.9. The molecule has 6 nitrogen and oxygen atoms in total. The fraction of sp³-hybridized carbons (Fsp3) is 0.188. The van der Waals surface area contributed by atoms with Gasteiger partial charge >= 0.3 is 5.97 Å². The quantitative estimate of drug-likeness (QED) is 0.393. The predicted octanol–water partition coefficient (Wildman–Crippen LogP) is 3.02. The van der Waals surface area contributed by atoms with Gasteiger partial charge in [-0.15, -0.1) is 0 Å². The number of hydrogen-bond donors (Lipinski definition) is 4. The molecule has 0 saturated carbocycles. The Kier molecular flexibility index (Phi) is 6.37. The van der Waals surface area contributed by atoms with Crippen LogP contribution < -0.4 is 11.5 Å². The van der Waals surface area contributed by atoms with Gasteiger partial charge in [0.25, 0.3) is 0 Å². The van der Waals surface area contributed by atoms with E-state index in [1.165, 1.54) is 6.07 Å². The Morgan fingerprint density at radius 1 is 1.18 bits per heavy atom. The summed E-state index contributed by atoms with van der Waals surface area (Å²) in [4.78, 5) is 14.4. The van der Waals surface area contributed by atoms with Crippen LogP contribution in [-0.4, -0.2) is 22.9 Å². The molecule has 0 aliphatic carbocycles. The van der Waals surface area contributed by atoms with Crippen LogP contribution in [-0.2, 0) is 4.89 Å². The summed E-state index contributed by atoms with van der Waals surface area (Å²) in [5.41, 5.74) is 15.4. The Morgan fingerprint density at radius 2 is 1.82 bits per heavy atom. The van der Waals surface area contributed by atoms with Gasteiger partial charge in [0.05, 0.1) is 12.2 Å². The van der Waals surface area contributed by atoms with Crippen molar-refractivity contribution < 1.29 is 20.0 Å². The van der Waals surface area contributed by atoms with Crippen LogP contribution in [0.2, 0.25) is 0 Å². The van der Waals surface area contributed by atoms with Crippen LogP contribution in [0.25, 0.3) is 11.1 Å². The van der Waals surface area contributed by atoms with Gasteiger partial charge < -0.3 is 16.6 Å². The van der Waals surface area contributed by atoms with Crippen molar-refractivity contribution >= 4 is 17.3 Å². The Hall–Kier alpha value is -2.57. The van der Waals surface area contributed by atoms with Crippen LogP contribution in [0.5, 0.6) is 0 Å². The van der Waals surface area contributed by atoms with Crippen LogP contribution in [0.15, 0.2) is 36.4 Å². The number of benzene rings is 2. The summed E-state index contributed by atoms with van der Waals surface area (Å²) in [6.07, 6.45) is 0. The van der Waals surface area contributed by atoms with Gasteiger partial charge in [-0.2, -0.15) is 0 Å². The van der Waals surface area contributed by atoms with Gasteiger partial charge in [0.15, 0.2) is 0 Å². The van der Waals surface area contributed by atoms with Gasteiger partial charge in [-0.25, -0.2) is 9.68 Å². The SMILES string of the molecule is CCOO.Cc1c(N)cccc1-c1ccc(C(=O)O)c(N)c1. The van der Waals surface area contributed by atoms with E-state index in [1.807, 2.05) is 25.1 Å². The molecule has 0 aliphatic rings. The number of hydrogen-bond acceptors (Lipinski definition) is 5. The largest absolute Gasteiger partial charge is 0.478 e. The molecule has 0 aliphatic heterocycles. The number of carboxylic acids is 1. The van der Waals surface area contributed by atoms with E-state index in [-0.39, 0.29) is 11.3 Å². The number of nitrogens with two attached hydrogens (primary N) is 2. The van der Waals surface area contributed by atoms with Gasteiger partial charge in [0.2, 0.25) is 0 Å². The third-order valence-electron chi connectivity index (χ3n) is 3.10. The first-order valence-electron chi connectivity index (χ1n) is 6.67. The fourth-order valence-corrected chi connectivity index (χ4v) is 1.89. The van der Waals surface area contributed by atoms with Gasteiger partial charge in [-0.05, 0) is 48.7 Å². The zero-order valence-electron chi connectivity index (χ0n) is 12.5. The molecule has 0 saturated heterocycles. The molecular formula is C16H20N2O4. The van der Waals surface area contributed by atoms with E-state index in [4.69, 9.17) is 21.8 Å². The minimum absolute atomic E-state index is 0.111. The molecule has 0 spiro atoms. The maximum Gasteiger partial charge on any atom is 0.337 e. The van der Waals surface area contributed by atoms with E-state index in [2.05, 4.69) is 4.89 Å². The van der Waals surface area contributed by atoms with Gasteiger partial charge in [-0.3, -0.25) is 5.26 Å². The number of anilines is 2. The molecule has 0 amide bonds.